The highest BCUT2D eigenvalue weighted by Crippen LogP contribution is 2.41. The number of para-hydroxylation sites is 1. The number of rotatable bonds is 3. The lowest BCUT2D eigenvalue weighted by atomic mass is 9.83. The molecule has 1 N–H and O–H groups in total. The maximum atomic E-state index is 13.8. The van der Waals surface area contributed by atoms with Crippen LogP contribution in [-0.2, 0) is 6.42 Å². The summed E-state index contributed by atoms with van der Waals surface area (Å²) in [6.45, 7) is 0. The van der Waals surface area contributed by atoms with Crippen molar-refractivity contribution in [2.24, 2.45) is 4.99 Å². The molecule has 5 nitrogen and oxygen atoms in total. The van der Waals surface area contributed by atoms with E-state index < -0.39 is 0 Å². The first-order valence-corrected chi connectivity index (χ1v) is 12.9. The molecule has 0 saturated carbocycles. The molecular weight excluding hydrogens is 524 g/mol. The molecule has 1 aliphatic heterocycles. The van der Waals surface area contributed by atoms with Crippen molar-refractivity contribution in [1.82, 2.24) is 4.57 Å². The third-order valence-electron chi connectivity index (χ3n) is 6.60. The molecule has 0 bridgehead atoms. The molecule has 1 unspecified atom stereocenters. The lowest BCUT2D eigenvalue weighted by Crippen LogP contribution is -2.38. The Hall–Kier alpha value is -3.42. The van der Waals surface area contributed by atoms with Crippen LogP contribution in [0.15, 0.2) is 86.6 Å². The van der Waals surface area contributed by atoms with Gasteiger partial charge in [-0.3, -0.25) is 9.36 Å². The molecule has 35 heavy (non-hydrogen) atoms. The monoisotopic (exact) mass is 544 g/mol. The Morgan fingerprint density at radius 1 is 1.09 bits per heavy atom. The fourth-order valence-electron chi connectivity index (χ4n) is 4.93. The van der Waals surface area contributed by atoms with Gasteiger partial charge in [0.15, 0.2) is 16.3 Å². The number of nitrogens with zero attached hydrogens (tertiary/aromatic N) is 2. The number of halogens is 1. The highest BCUT2D eigenvalue weighted by molar-refractivity contribution is 9.10. The van der Waals surface area contributed by atoms with Gasteiger partial charge in [0.25, 0.3) is 5.56 Å². The maximum absolute atomic E-state index is 13.8. The van der Waals surface area contributed by atoms with E-state index in [1.807, 2.05) is 22.8 Å². The van der Waals surface area contributed by atoms with Gasteiger partial charge in [-0.2, -0.15) is 0 Å². The van der Waals surface area contributed by atoms with Crippen molar-refractivity contribution < 1.29 is 9.84 Å². The van der Waals surface area contributed by atoms with Gasteiger partial charge >= 0.3 is 0 Å². The molecule has 2 heterocycles. The highest BCUT2D eigenvalue weighted by atomic mass is 79.9. The lowest BCUT2D eigenvalue weighted by Gasteiger charge is -2.30. The molecular formula is C28H21BrN2O3S. The molecule has 1 atom stereocenters. The molecule has 0 saturated heterocycles. The SMILES string of the molecule is COc1cccc(C=c2sc3n(c2=O)C(c2ccc(Br)cc2)C2=C(N=3)c3ccccc3CC2)c1O. The standard InChI is InChI=1S/C28H21BrN2O3S/c1-34-22-8-4-6-18(26(22)32)15-23-27(33)31-25(17-9-12-19(29)13-10-17)21-14-11-16-5-2-3-7-20(16)24(21)30-28(31)35-23/h2-10,12-13,15,25,32H,11,14H2,1H3. The third-order valence-corrected chi connectivity index (χ3v) is 8.11. The van der Waals surface area contributed by atoms with E-state index in [2.05, 4.69) is 46.3 Å². The van der Waals surface area contributed by atoms with Crippen LogP contribution in [0.5, 0.6) is 11.5 Å². The van der Waals surface area contributed by atoms with Crippen molar-refractivity contribution in [2.45, 2.75) is 18.9 Å². The molecule has 3 aromatic carbocycles. The van der Waals surface area contributed by atoms with Crippen molar-refractivity contribution in [3.05, 3.63) is 119 Å². The van der Waals surface area contributed by atoms with Crippen LogP contribution >= 0.6 is 27.3 Å². The number of benzene rings is 3. The predicted octanol–water partition coefficient (Wildman–Crippen LogP) is 4.80. The van der Waals surface area contributed by atoms with Crippen LogP contribution in [0.3, 0.4) is 0 Å². The Balaban J connectivity index is 1.62. The molecule has 174 valence electrons. The highest BCUT2D eigenvalue weighted by Gasteiger charge is 2.32. The van der Waals surface area contributed by atoms with Crippen LogP contribution in [0.4, 0.5) is 0 Å². The van der Waals surface area contributed by atoms with Crippen LogP contribution in [0.1, 0.15) is 34.7 Å². The molecule has 0 spiro atoms. The Morgan fingerprint density at radius 2 is 1.89 bits per heavy atom. The van der Waals surface area contributed by atoms with Gasteiger partial charge in [0.1, 0.15) is 0 Å². The molecule has 7 heteroatoms. The first kappa shape index (κ1) is 22.1. The van der Waals surface area contributed by atoms with Gasteiger partial charge in [0, 0.05) is 15.6 Å². The first-order chi connectivity index (χ1) is 17.0. The second-order valence-corrected chi connectivity index (χ2v) is 10.5. The fourth-order valence-corrected chi connectivity index (χ4v) is 6.19. The van der Waals surface area contributed by atoms with Crippen LogP contribution in [0, 0.1) is 0 Å². The molecule has 1 aliphatic carbocycles. The summed E-state index contributed by atoms with van der Waals surface area (Å²) in [5.41, 5.74) is 6.01. The number of ether oxygens (including phenoxy) is 1. The predicted molar refractivity (Wildman–Crippen MR) is 142 cm³/mol. The Labute approximate surface area is 214 Å². The summed E-state index contributed by atoms with van der Waals surface area (Å²) < 4.78 is 8.55. The minimum absolute atomic E-state index is 0.0125. The van der Waals surface area contributed by atoms with Gasteiger partial charge in [-0.05, 0) is 53.8 Å². The largest absolute Gasteiger partial charge is 0.504 e. The van der Waals surface area contributed by atoms with E-state index in [1.54, 1.807) is 24.3 Å². The summed E-state index contributed by atoms with van der Waals surface area (Å²) in [7, 11) is 1.51. The number of phenolic OH excluding ortho intramolecular Hbond substituents is 1. The Morgan fingerprint density at radius 3 is 2.69 bits per heavy atom. The number of allylic oxidation sites excluding steroid dienone is 1. The molecule has 0 amide bonds. The van der Waals surface area contributed by atoms with E-state index in [0.29, 0.717) is 20.6 Å². The summed E-state index contributed by atoms with van der Waals surface area (Å²) in [6, 6.07) is 21.6. The average Bonchev–Trinajstić information content (AvgIpc) is 3.19. The number of aromatic hydroxyl groups is 1. The van der Waals surface area contributed by atoms with Gasteiger partial charge < -0.3 is 9.84 Å². The zero-order valence-corrected chi connectivity index (χ0v) is 21.3. The summed E-state index contributed by atoms with van der Waals surface area (Å²) in [5, 5.41) is 10.6. The number of aryl methyl sites for hydroxylation is 1. The molecule has 4 aromatic rings. The van der Waals surface area contributed by atoms with E-state index in [0.717, 1.165) is 39.7 Å². The topological polar surface area (TPSA) is 63.8 Å². The zero-order chi connectivity index (χ0) is 24.1. The summed E-state index contributed by atoms with van der Waals surface area (Å²) in [4.78, 5) is 19.5. The van der Waals surface area contributed by atoms with E-state index in [9.17, 15) is 9.90 Å². The van der Waals surface area contributed by atoms with Crippen LogP contribution in [0.2, 0.25) is 0 Å². The third kappa shape index (κ3) is 3.66. The number of hydrogen-bond donors (Lipinski definition) is 1. The molecule has 2 aliphatic rings. The maximum Gasteiger partial charge on any atom is 0.271 e. The van der Waals surface area contributed by atoms with Crippen molar-refractivity contribution in [2.75, 3.05) is 7.11 Å². The minimum atomic E-state index is -0.233. The van der Waals surface area contributed by atoms with Gasteiger partial charge in [-0.15, -0.1) is 0 Å². The van der Waals surface area contributed by atoms with Crippen molar-refractivity contribution in [1.29, 1.82) is 0 Å². The molecule has 6 rings (SSSR count). The number of hydrogen-bond acceptors (Lipinski definition) is 5. The number of methoxy groups -OCH3 is 1. The Bertz CT molecular complexity index is 1680. The molecule has 0 fully saturated rings. The second kappa shape index (κ2) is 8.66. The smallest absolute Gasteiger partial charge is 0.271 e. The van der Waals surface area contributed by atoms with Gasteiger partial charge in [-0.25, -0.2) is 4.99 Å². The van der Waals surface area contributed by atoms with Crippen LogP contribution in [0.25, 0.3) is 11.8 Å². The normalized spacial score (nSPS) is 16.9. The van der Waals surface area contributed by atoms with E-state index in [1.165, 1.54) is 24.0 Å². The van der Waals surface area contributed by atoms with E-state index >= 15 is 0 Å². The summed E-state index contributed by atoms with van der Waals surface area (Å²) in [5.74, 6) is 0.379. The first-order valence-electron chi connectivity index (χ1n) is 11.3. The van der Waals surface area contributed by atoms with Crippen molar-refractivity contribution >= 4 is 39.0 Å². The van der Waals surface area contributed by atoms with Crippen LogP contribution in [-0.4, -0.2) is 16.8 Å². The van der Waals surface area contributed by atoms with Crippen LogP contribution < -0.4 is 19.6 Å². The minimum Gasteiger partial charge on any atom is -0.504 e. The second-order valence-electron chi connectivity index (χ2n) is 8.56. The van der Waals surface area contributed by atoms with E-state index in [-0.39, 0.29) is 17.4 Å². The van der Waals surface area contributed by atoms with E-state index in [4.69, 9.17) is 9.73 Å². The number of phenols is 1. The average molecular weight is 545 g/mol. The van der Waals surface area contributed by atoms with Crippen molar-refractivity contribution in [3.8, 4) is 11.5 Å². The lowest BCUT2D eigenvalue weighted by molar-refractivity contribution is 0.373. The van der Waals surface area contributed by atoms with Gasteiger partial charge in [0.2, 0.25) is 0 Å². The Kier molecular flexibility index (Phi) is 5.46. The molecule has 0 radical (unpaired) electrons. The fraction of sp³-hybridized carbons (Fsp3) is 0.143. The molecule has 1 aromatic heterocycles. The van der Waals surface area contributed by atoms with Crippen molar-refractivity contribution in [3.63, 3.8) is 0 Å². The van der Waals surface area contributed by atoms with Gasteiger partial charge in [0.05, 0.1) is 23.4 Å². The summed E-state index contributed by atoms with van der Waals surface area (Å²) in [6.07, 6.45) is 3.48. The number of aromatic nitrogens is 1. The number of fused-ring (bicyclic) bond motifs is 3. The summed E-state index contributed by atoms with van der Waals surface area (Å²) >= 11 is 4.87. The number of thiazole rings is 1. The zero-order valence-electron chi connectivity index (χ0n) is 18.9. The quantitative estimate of drug-likeness (QED) is 0.403. The van der Waals surface area contributed by atoms with Gasteiger partial charge in [-0.1, -0.05) is 75.8 Å².